The van der Waals surface area contributed by atoms with Crippen molar-refractivity contribution in [2.75, 3.05) is 13.7 Å². The number of nitrogens with two attached hydrogens (primary N) is 1. The van der Waals surface area contributed by atoms with E-state index in [0.717, 1.165) is 11.3 Å². The molecule has 0 saturated heterocycles. The van der Waals surface area contributed by atoms with Crippen LogP contribution in [0.5, 0.6) is 11.5 Å². The third kappa shape index (κ3) is 3.32. The van der Waals surface area contributed by atoms with Crippen LogP contribution in [0.3, 0.4) is 0 Å². The zero-order chi connectivity index (χ0) is 15.2. The Bertz CT molecular complexity index is 587. The SMILES string of the molecule is CCOc1ccc(C(NN)c2cccc(OC)c2F)cc1. The molecule has 3 N–H and O–H groups in total. The summed E-state index contributed by atoms with van der Waals surface area (Å²) in [5, 5.41) is 0. The Morgan fingerprint density at radius 2 is 1.90 bits per heavy atom. The largest absolute Gasteiger partial charge is 0.494 e. The molecule has 5 heteroatoms. The minimum atomic E-state index is -0.462. The number of ether oxygens (including phenoxy) is 2. The molecule has 21 heavy (non-hydrogen) atoms. The minimum absolute atomic E-state index is 0.193. The molecule has 0 radical (unpaired) electrons. The van der Waals surface area contributed by atoms with E-state index in [4.69, 9.17) is 15.3 Å². The first-order valence-corrected chi connectivity index (χ1v) is 6.72. The maximum atomic E-state index is 14.4. The van der Waals surface area contributed by atoms with Gasteiger partial charge < -0.3 is 9.47 Å². The van der Waals surface area contributed by atoms with Gasteiger partial charge in [-0.3, -0.25) is 5.84 Å². The first kappa shape index (κ1) is 15.3. The van der Waals surface area contributed by atoms with Crippen LogP contribution in [0.15, 0.2) is 42.5 Å². The highest BCUT2D eigenvalue weighted by Gasteiger charge is 2.19. The van der Waals surface area contributed by atoms with E-state index < -0.39 is 11.9 Å². The second-order valence-electron chi connectivity index (χ2n) is 4.47. The highest BCUT2D eigenvalue weighted by molar-refractivity contribution is 5.39. The Hall–Kier alpha value is -2.11. The van der Waals surface area contributed by atoms with Crippen molar-refractivity contribution >= 4 is 0 Å². The predicted molar refractivity (Wildman–Crippen MR) is 79.7 cm³/mol. The van der Waals surface area contributed by atoms with Crippen LogP contribution in [0.1, 0.15) is 24.1 Å². The smallest absolute Gasteiger partial charge is 0.170 e. The Kier molecular flexibility index (Phi) is 5.14. The molecule has 2 aromatic carbocycles. The van der Waals surface area contributed by atoms with Crippen LogP contribution in [0, 0.1) is 5.82 Å². The molecular formula is C16H19FN2O2. The van der Waals surface area contributed by atoms with E-state index in [1.807, 2.05) is 31.2 Å². The molecule has 0 aliphatic carbocycles. The van der Waals surface area contributed by atoms with E-state index in [0.29, 0.717) is 12.2 Å². The lowest BCUT2D eigenvalue weighted by Gasteiger charge is -2.19. The zero-order valence-electron chi connectivity index (χ0n) is 12.1. The van der Waals surface area contributed by atoms with Crippen molar-refractivity contribution in [3.05, 3.63) is 59.4 Å². The van der Waals surface area contributed by atoms with Crippen molar-refractivity contribution in [3.8, 4) is 11.5 Å². The van der Waals surface area contributed by atoms with Crippen LogP contribution in [0.25, 0.3) is 0 Å². The van der Waals surface area contributed by atoms with Gasteiger partial charge in [-0.05, 0) is 30.7 Å². The summed E-state index contributed by atoms with van der Waals surface area (Å²) < 4.78 is 24.7. The molecule has 0 heterocycles. The average molecular weight is 290 g/mol. The molecule has 112 valence electrons. The lowest BCUT2D eigenvalue weighted by atomic mass is 9.98. The fraction of sp³-hybridized carbons (Fsp3) is 0.250. The van der Waals surface area contributed by atoms with Gasteiger partial charge in [-0.15, -0.1) is 0 Å². The Balaban J connectivity index is 2.35. The van der Waals surface area contributed by atoms with Crippen molar-refractivity contribution < 1.29 is 13.9 Å². The molecule has 0 saturated carbocycles. The lowest BCUT2D eigenvalue weighted by Crippen LogP contribution is -2.29. The summed E-state index contributed by atoms with van der Waals surface area (Å²) in [6, 6.07) is 11.9. The molecular weight excluding hydrogens is 271 g/mol. The molecule has 1 unspecified atom stereocenters. The first-order valence-electron chi connectivity index (χ1n) is 6.72. The van der Waals surface area contributed by atoms with Gasteiger partial charge >= 0.3 is 0 Å². The normalized spacial score (nSPS) is 12.0. The fourth-order valence-electron chi connectivity index (χ4n) is 2.20. The molecule has 0 fully saturated rings. The van der Waals surface area contributed by atoms with E-state index in [1.165, 1.54) is 7.11 Å². The topological polar surface area (TPSA) is 56.5 Å². The van der Waals surface area contributed by atoms with Gasteiger partial charge in [0.15, 0.2) is 11.6 Å². The van der Waals surface area contributed by atoms with E-state index in [-0.39, 0.29) is 5.75 Å². The maximum absolute atomic E-state index is 14.4. The number of benzene rings is 2. The van der Waals surface area contributed by atoms with E-state index >= 15 is 0 Å². The van der Waals surface area contributed by atoms with Gasteiger partial charge in [0.1, 0.15) is 5.75 Å². The van der Waals surface area contributed by atoms with Crippen LogP contribution in [-0.4, -0.2) is 13.7 Å². The first-order chi connectivity index (χ1) is 10.2. The quantitative estimate of drug-likeness (QED) is 0.634. The number of hydrazine groups is 1. The molecule has 2 aromatic rings. The average Bonchev–Trinajstić information content (AvgIpc) is 2.51. The number of halogens is 1. The fourth-order valence-corrected chi connectivity index (χ4v) is 2.20. The Morgan fingerprint density at radius 3 is 2.48 bits per heavy atom. The lowest BCUT2D eigenvalue weighted by molar-refractivity contribution is 0.340. The molecule has 4 nitrogen and oxygen atoms in total. The van der Waals surface area contributed by atoms with Gasteiger partial charge in [-0.1, -0.05) is 24.3 Å². The van der Waals surface area contributed by atoms with Gasteiger partial charge in [0.25, 0.3) is 0 Å². The number of hydrogen-bond acceptors (Lipinski definition) is 4. The van der Waals surface area contributed by atoms with Crippen molar-refractivity contribution in [2.24, 2.45) is 5.84 Å². The Morgan fingerprint density at radius 1 is 1.19 bits per heavy atom. The Labute approximate surface area is 123 Å². The molecule has 0 bridgehead atoms. The number of methoxy groups -OCH3 is 1. The summed E-state index contributed by atoms with van der Waals surface area (Å²) in [5.74, 6) is 6.15. The molecule has 0 amide bonds. The van der Waals surface area contributed by atoms with Crippen molar-refractivity contribution in [1.82, 2.24) is 5.43 Å². The van der Waals surface area contributed by atoms with Gasteiger partial charge in [0.05, 0.1) is 19.8 Å². The summed E-state index contributed by atoms with van der Waals surface area (Å²) in [6.07, 6.45) is 0. The van der Waals surface area contributed by atoms with E-state index in [9.17, 15) is 4.39 Å². The number of rotatable bonds is 6. The monoisotopic (exact) mass is 290 g/mol. The molecule has 0 aliphatic heterocycles. The summed E-state index contributed by atoms with van der Waals surface area (Å²) in [5.41, 5.74) is 3.91. The summed E-state index contributed by atoms with van der Waals surface area (Å²) in [7, 11) is 1.43. The molecule has 2 rings (SSSR count). The van der Waals surface area contributed by atoms with Crippen LogP contribution < -0.4 is 20.7 Å². The minimum Gasteiger partial charge on any atom is -0.494 e. The molecule has 0 aliphatic rings. The summed E-state index contributed by atoms with van der Waals surface area (Å²) >= 11 is 0. The van der Waals surface area contributed by atoms with Crippen LogP contribution in [-0.2, 0) is 0 Å². The van der Waals surface area contributed by atoms with Gasteiger partial charge in [-0.25, -0.2) is 9.82 Å². The summed E-state index contributed by atoms with van der Waals surface area (Å²) in [6.45, 7) is 2.52. The molecule has 0 aromatic heterocycles. The van der Waals surface area contributed by atoms with Crippen LogP contribution in [0.4, 0.5) is 4.39 Å². The van der Waals surface area contributed by atoms with Crippen LogP contribution in [0.2, 0.25) is 0 Å². The van der Waals surface area contributed by atoms with Gasteiger partial charge in [0, 0.05) is 5.56 Å². The third-order valence-electron chi connectivity index (χ3n) is 3.22. The van der Waals surface area contributed by atoms with Gasteiger partial charge in [0.2, 0.25) is 0 Å². The predicted octanol–water partition coefficient (Wildman–Crippen LogP) is 2.79. The van der Waals surface area contributed by atoms with Gasteiger partial charge in [-0.2, -0.15) is 0 Å². The molecule has 0 spiro atoms. The maximum Gasteiger partial charge on any atom is 0.170 e. The van der Waals surface area contributed by atoms with Crippen molar-refractivity contribution in [3.63, 3.8) is 0 Å². The molecule has 1 atom stereocenters. The summed E-state index contributed by atoms with van der Waals surface area (Å²) in [4.78, 5) is 0. The van der Waals surface area contributed by atoms with Crippen molar-refractivity contribution in [2.45, 2.75) is 13.0 Å². The van der Waals surface area contributed by atoms with E-state index in [1.54, 1.807) is 18.2 Å². The number of nitrogens with one attached hydrogen (secondary N) is 1. The highest BCUT2D eigenvalue weighted by atomic mass is 19.1. The third-order valence-corrected chi connectivity index (χ3v) is 3.22. The highest BCUT2D eigenvalue weighted by Crippen LogP contribution is 2.29. The number of hydrogen-bond donors (Lipinski definition) is 2. The second-order valence-corrected chi connectivity index (χ2v) is 4.47. The van der Waals surface area contributed by atoms with Crippen molar-refractivity contribution in [1.29, 1.82) is 0 Å². The zero-order valence-corrected chi connectivity index (χ0v) is 12.1. The van der Waals surface area contributed by atoms with E-state index in [2.05, 4.69) is 5.43 Å². The second kappa shape index (κ2) is 7.06. The van der Waals surface area contributed by atoms with Crippen LogP contribution >= 0.6 is 0 Å². The standard InChI is InChI=1S/C16H19FN2O2/c1-3-21-12-9-7-11(8-10-12)16(19-18)13-5-4-6-14(20-2)15(13)17/h4-10,16,19H,3,18H2,1-2H3.